The van der Waals surface area contributed by atoms with E-state index in [1.165, 1.54) is 6.07 Å². The Balaban J connectivity index is 2.64. The van der Waals surface area contributed by atoms with Crippen molar-refractivity contribution in [1.29, 1.82) is 0 Å². The molecule has 2 aromatic rings. The number of sulfonamides is 1. The summed E-state index contributed by atoms with van der Waals surface area (Å²) in [6.07, 6.45) is 3.78. The van der Waals surface area contributed by atoms with Crippen LogP contribution in [-0.4, -0.2) is 59.5 Å². The molecule has 0 bridgehead atoms. The van der Waals surface area contributed by atoms with Crippen molar-refractivity contribution in [2.75, 3.05) is 45.2 Å². The van der Waals surface area contributed by atoms with Gasteiger partial charge in [-0.3, -0.25) is 4.79 Å². The van der Waals surface area contributed by atoms with E-state index in [-0.39, 0.29) is 22.1 Å². The highest BCUT2D eigenvalue weighted by Gasteiger charge is 2.26. The zero-order valence-electron chi connectivity index (χ0n) is 20.7. The third-order valence-corrected chi connectivity index (χ3v) is 6.23. The minimum atomic E-state index is -4.18. The van der Waals surface area contributed by atoms with Gasteiger partial charge in [0.1, 0.15) is 10.6 Å². The lowest BCUT2D eigenvalue weighted by Crippen LogP contribution is -2.32. The van der Waals surface area contributed by atoms with E-state index in [0.29, 0.717) is 37.6 Å². The molecule has 0 fully saturated rings. The first-order valence-corrected chi connectivity index (χ1v) is 13.3. The monoisotopic (exact) mass is 490 g/mol. The van der Waals surface area contributed by atoms with Crippen molar-refractivity contribution in [3.63, 3.8) is 0 Å². The van der Waals surface area contributed by atoms with Gasteiger partial charge >= 0.3 is 0 Å². The van der Waals surface area contributed by atoms with Crippen LogP contribution in [0.5, 0.6) is 11.5 Å². The molecule has 3 N–H and O–H groups in total. The molecule has 1 amide bonds. The number of unbranched alkanes of at least 4 members (excludes halogenated alkanes) is 2. The van der Waals surface area contributed by atoms with Crippen LogP contribution in [-0.2, 0) is 10.0 Å². The molecule has 0 atom stereocenters. The summed E-state index contributed by atoms with van der Waals surface area (Å²) in [6.45, 7) is 6.71. The summed E-state index contributed by atoms with van der Waals surface area (Å²) in [4.78, 5) is 16.8. The van der Waals surface area contributed by atoms with Gasteiger partial charge in [0.15, 0.2) is 5.75 Å². The standard InChI is InChI=1S/C25H38N4O4S/c1-5-7-15-29(16-8-6-2)22-18-20(25(30)27-14-17-28(3)4)19-23(34(26,31)32)24(22)33-21-12-10-9-11-13-21/h9-13,18-19H,5-8,14-17H2,1-4H3,(H,27,30)(H2,26,31,32). The van der Waals surface area contributed by atoms with Gasteiger partial charge in [-0.1, -0.05) is 44.9 Å². The first-order valence-electron chi connectivity index (χ1n) is 11.8. The van der Waals surface area contributed by atoms with Gasteiger partial charge in [0.25, 0.3) is 5.91 Å². The summed E-state index contributed by atoms with van der Waals surface area (Å²) >= 11 is 0. The number of hydrogen-bond acceptors (Lipinski definition) is 6. The molecule has 0 aromatic heterocycles. The number of likely N-dealkylation sites (N-methyl/N-ethyl adjacent to an activating group) is 1. The smallest absolute Gasteiger partial charge is 0.251 e. The zero-order valence-corrected chi connectivity index (χ0v) is 21.5. The van der Waals surface area contributed by atoms with Crippen LogP contribution in [0.1, 0.15) is 49.9 Å². The molecule has 0 radical (unpaired) electrons. The molecule has 0 heterocycles. The molecule has 34 heavy (non-hydrogen) atoms. The minimum Gasteiger partial charge on any atom is -0.454 e. The number of rotatable bonds is 14. The summed E-state index contributed by atoms with van der Waals surface area (Å²) in [5.74, 6) is 0.277. The maximum atomic E-state index is 13.0. The highest BCUT2D eigenvalue weighted by atomic mass is 32.2. The first kappa shape index (κ1) is 27.6. The molecule has 9 heteroatoms. The van der Waals surface area contributed by atoms with Gasteiger partial charge in [0, 0.05) is 31.7 Å². The van der Waals surface area contributed by atoms with Crippen LogP contribution in [0.4, 0.5) is 5.69 Å². The Morgan fingerprint density at radius 1 is 1.00 bits per heavy atom. The quantitative estimate of drug-likeness (QED) is 0.417. The second-order valence-corrected chi connectivity index (χ2v) is 10.1. The van der Waals surface area contributed by atoms with Crippen LogP contribution in [0.3, 0.4) is 0 Å². The Bertz CT molecular complexity index is 1020. The molecular weight excluding hydrogens is 452 g/mol. The number of primary sulfonamides is 1. The molecule has 0 aliphatic heterocycles. The van der Waals surface area contributed by atoms with Gasteiger partial charge in [0.2, 0.25) is 10.0 Å². The molecular formula is C25H38N4O4S. The number of para-hydroxylation sites is 1. The van der Waals surface area contributed by atoms with Gasteiger partial charge in [-0.05, 0) is 51.2 Å². The number of benzene rings is 2. The summed E-state index contributed by atoms with van der Waals surface area (Å²) in [6, 6.07) is 12.0. The zero-order chi connectivity index (χ0) is 25.1. The SMILES string of the molecule is CCCCN(CCCC)c1cc(C(=O)NCCN(C)C)cc(S(N)(=O)=O)c1Oc1ccccc1. The van der Waals surface area contributed by atoms with Crippen molar-refractivity contribution >= 4 is 21.6 Å². The Labute approximate surface area is 204 Å². The predicted octanol–water partition coefficient (Wildman–Crippen LogP) is 3.82. The van der Waals surface area contributed by atoms with Gasteiger partial charge in [0.05, 0.1) is 5.69 Å². The molecule has 0 saturated heterocycles. The normalized spacial score (nSPS) is 11.5. The predicted molar refractivity (Wildman–Crippen MR) is 137 cm³/mol. The van der Waals surface area contributed by atoms with E-state index < -0.39 is 10.0 Å². The Morgan fingerprint density at radius 3 is 2.15 bits per heavy atom. The second kappa shape index (κ2) is 13.3. The van der Waals surface area contributed by atoms with Gasteiger partial charge in [-0.2, -0.15) is 0 Å². The first-order chi connectivity index (χ1) is 16.2. The van der Waals surface area contributed by atoms with E-state index in [1.807, 2.05) is 37.2 Å². The Kier molecular flexibility index (Phi) is 10.8. The van der Waals surface area contributed by atoms with Gasteiger partial charge < -0.3 is 19.9 Å². The van der Waals surface area contributed by atoms with Crippen LogP contribution in [0.2, 0.25) is 0 Å². The molecule has 8 nitrogen and oxygen atoms in total. The average molecular weight is 491 g/mol. The lowest BCUT2D eigenvalue weighted by Gasteiger charge is -2.28. The van der Waals surface area contributed by atoms with Crippen LogP contribution in [0.25, 0.3) is 0 Å². The van der Waals surface area contributed by atoms with E-state index in [4.69, 9.17) is 9.88 Å². The van der Waals surface area contributed by atoms with Crippen molar-refractivity contribution < 1.29 is 17.9 Å². The largest absolute Gasteiger partial charge is 0.454 e. The lowest BCUT2D eigenvalue weighted by atomic mass is 10.1. The molecule has 0 unspecified atom stereocenters. The van der Waals surface area contributed by atoms with Crippen LogP contribution in [0.15, 0.2) is 47.4 Å². The van der Waals surface area contributed by atoms with Crippen molar-refractivity contribution in [2.45, 2.75) is 44.4 Å². The Morgan fingerprint density at radius 2 is 1.62 bits per heavy atom. The number of nitrogens with two attached hydrogens (primary N) is 1. The minimum absolute atomic E-state index is 0.144. The van der Waals surface area contributed by atoms with E-state index >= 15 is 0 Å². The second-order valence-electron chi connectivity index (χ2n) is 8.54. The van der Waals surface area contributed by atoms with Crippen molar-refractivity contribution in [3.05, 3.63) is 48.0 Å². The van der Waals surface area contributed by atoms with Crippen molar-refractivity contribution in [2.24, 2.45) is 5.14 Å². The summed E-state index contributed by atoms with van der Waals surface area (Å²) in [5.41, 5.74) is 0.784. The van der Waals surface area contributed by atoms with Gasteiger partial charge in [-0.15, -0.1) is 0 Å². The highest BCUT2D eigenvalue weighted by molar-refractivity contribution is 7.89. The summed E-state index contributed by atoms with van der Waals surface area (Å²) < 4.78 is 31.4. The van der Waals surface area contributed by atoms with E-state index in [2.05, 4.69) is 24.1 Å². The molecule has 2 aromatic carbocycles. The van der Waals surface area contributed by atoms with E-state index in [9.17, 15) is 13.2 Å². The highest BCUT2D eigenvalue weighted by Crippen LogP contribution is 2.39. The van der Waals surface area contributed by atoms with Crippen molar-refractivity contribution in [1.82, 2.24) is 10.2 Å². The van der Waals surface area contributed by atoms with E-state index in [0.717, 1.165) is 25.7 Å². The average Bonchev–Trinajstić information content (AvgIpc) is 2.79. The Hall–Kier alpha value is -2.62. The number of amides is 1. The topological polar surface area (TPSA) is 105 Å². The van der Waals surface area contributed by atoms with E-state index in [1.54, 1.807) is 18.2 Å². The number of anilines is 1. The number of carbonyl (C=O) groups excluding carboxylic acids is 1. The summed E-state index contributed by atoms with van der Waals surface area (Å²) in [7, 11) is -0.350. The fourth-order valence-corrected chi connectivity index (χ4v) is 4.12. The maximum absolute atomic E-state index is 13.0. The van der Waals surface area contributed by atoms with Crippen LogP contribution in [0, 0.1) is 0 Å². The molecule has 2 rings (SSSR count). The number of ether oxygens (including phenoxy) is 1. The number of nitrogens with zero attached hydrogens (tertiary/aromatic N) is 2. The molecule has 188 valence electrons. The van der Waals surface area contributed by atoms with Crippen molar-refractivity contribution in [3.8, 4) is 11.5 Å². The van der Waals surface area contributed by atoms with Crippen LogP contribution >= 0.6 is 0 Å². The fraction of sp³-hybridized carbons (Fsp3) is 0.480. The fourth-order valence-electron chi connectivity index (χ4n) is 3.42. The number of nitrogens with one attached hydrogen (secondary N) is 1. The third-order valence-electron chi connectivity index (χ3n) is 5.32. The molecule has 0 saturated carbocycles. The lowest BCUT2D eigenvalue weighted by molar-refractivity contribution is 0.0951. The molecule has 0 spiro atoms. The third kappa shape index (κ3) is 8.30. The maximum Gasteiger partial charge on any atom is 0.251 e. The van der Waals surface area contributed by atoms with Gasteiger partial charge in [-0.25, -0.2) is 13.6 Å². The molecule has 0 aliphatic rings. The van der Waals surface area contributed by atoms with Crippen LogP contribution < -0.4 is 20.1 Å². The summed E-state index contributed by atoms with van der Waals surface area (Å²) in [5, 5.41) is 8.48. The number of hydrogen-bond donors (Lipinski definition) is 2. The number of carbonyl (C=O) groups is 1. The molecule has 0 aliphatic carbocycles.